The van der Waals surface area contributed by atoms with Crippen LogP contribution < -0.4 is 10.6 Å². The van der Waals surface area contributed by atoms with Crippen molar-refractivity contribution in [1.82, 2.24) is 10.6 Å². The van der Waals surface area contributed by atoms with Crippen LogP contribution in [-0.4, -0.2) is 40.8 Å². The minimum atomic E-state index is -0.793. The zero-order chi connectivity index (χ0) is 12.0. The molecule has 94 valence electrons. The van der Waals surface area contributed by atoms with Gasteiger partial charge in [0.1, 0.15) is 0 Å². The van der Waals surface area contributed by atoms with Crippen molar-refractivity contribution in [3.05, 3.63) is 0 Å². The normalized spacial score (nSPS) is 20.6. The van der Waals surface area contributed by atoms with Gasteiger partial charge in [-0.3, -0.25) is 9.00 Å². The number of amides is 1. The second-order valence-electron chi connectivity index (χ2n) is 4.44. The molecule has 0 bridgehead atoms. The van der Waals surface area contributed by atoms with E-state index in [1.54, 1.807) is 6.26 Å². The van der Waals surface area contributed by atoms with Crippen LogP contribution in [0.5, 0.6) is 0 Å². The van der Waals surface area contributed by atoms with E-state index in [0.29, 0.717) is 18.3 Å². The molecule has 0 aromatic carbocycles. The molecule has 0 aromatic heterocycles. The van der Waals surface area contributed by atoms with E-state index in [1.807, 2.05) is 6.92 Å². The second-order valence-corrected chi connectivity index (χ2v) is 6.00. The summed E-state index contributed by atoms with van der Waals surface area (Å²) < 4.78 is 10.8. The Bertz CT molecular complexity index is 252. The second kappa shape index (κ2) is 7.01. The third kappa shape index (κ3) is 5.07. The van der Waals surface area contributed by atoms with Gasteiger partial charge in [0.15, 0.2) is 0 Å². The van der Waals surface area contributed by atoms with Crippen LogP contribution in [0.15, 0.2) is 0 Å². The van der Waals surface area contributed by atoms with Crippen LogP contribution in [-0.2, 0) is 15.6 Å². The van der Waals surface area contributed by atoms with Crippen molar-refractivity contribution in [3.63, 3.8) is 0 Å². The molecule has 0 saturated heterocycles. The Morgan fingerprint density at radius 2 is 2.06 bits per heavy atom. The average molecular weight is 246 g/mol. The van der Waals surface area contributed by atoms with E-state index in [-0.39, 0.29) is 11.9 Å². The number of hydrogen-bond acceptors (Lipinski definition) is 3. The number of rotatable bonds is 6. The largest absolute Gasteiger partial charge is 0.352 e. The summed E-state index contributed by atoms with van der Waals surface area (Å²) in [6.07, 6.45) is 6.34. The predicted molar refractivity (Wildman–Crippen MR) is 66.8 cm³/mol. The molecule has 0 heterocycles. The van der Waals surface area contributed by atoms with Crippen LogP contribution in [0.1, 0.15) is 32.6 Å². The van der Waals surface area contributed by atoms with Crippen LogP contribution in [0, 0.1) is 0 Å². The average Bonchev–Trinajstić information content (AvgIpc) is 2.69. The highest BCUT2D eigenvalue weighted by molar-refractivity contribution is 7.84. The SMILES string of the molecule is CC(NCCS(C)=O)C(=O)NC1CCCC1. The summed E-state index contributed by atoms with van der Waals surface area (Å²) in [7, 11) is -0.793. The van der Waals surface area contributed by atoms with Gasteiger partial charge in [0.2, 0.25) is 5.91 Å². The van der Waals surface area contributed by atoms with Gasteiger partial charge in [-0.05, 0) is 19.8 Å². The highest BCUT2D eigenvalue weighted by Crippen LogP contribution is 2.17. The first-order valence-electron chi connectivity index (χ1n) is 5.93. The van der Waals surface area contributed by atoms with Crippen LogP contribution >= 0.6 is 0 Å². The summed E-state index contributed by atoms with van der Waals surface area (Å²) >= 11 is 0. The summed E-state index contributed by atoms with van der Waals surface area (Å²) in [6, 6.07) is 0.182. The summed E-state index contributed by atoms with van der Waals surface area (Å²) in [4.78, 5) is 11.7. The molecule has 2 N–H and O–H groups in total. The summed E-state index contributed by atoms with van der Waals surface area (Å²) in [5, 5.41) is 6.12. The Morgan fingerprint density at radius 3 is 2.62 bits per heavy atom. The molecule has 16 heavy (non-hydrogen) atoms. The van der Waals surface area contributed by atoms with Crippen LogP contribution in [0.25, 0.3) is 0 Å². The van der Waals surface area contributed by atoms with Gasteiger partial charge in [-0.2, -0.15) is 0 Å². The van der Waals surface area contributed by atoms with E-state index in [2.05, 4.69) is 10.6 Å². The fourth-order valence-corrected chi connectivity index (χ4v) is 2.31. The topological polar surface area (TPSA) is 58.2 Å². The van der Waals surface area contributed by atoms with Crippen LogP contribution in [0.4, 0.5) is 0 Å². The van der Waals surface area contributed by atoms with E-state index in [4.69, 9.17) is 0 Å². The Morgan fingerprint density at radius 1 is 1.44 bits per heavy atom. The van der Waals surface area contributed by atoms with Crippen LogP contribution in [0.3, 0.4) is 0 Å². The lowest BCUT2D eigenvalue weighted by Gasteiger charge is -2.17. The van der Waals surface area contributed by atoms with Gasteiger partial charge >= 0.3 is 0 Å². The lowest BCUT2D eigenvalue weighted by Crippen LogP contribution is -2.46. The smallest absolute Gasteiger partial charge is 0.237 e. The minimum absolute atomic E-state index is 0.0637. The molecule has 0 aromatic rings. The standard InChI is InChI=1S/C11H22N2O2S/c1-9(12-7-8-16(2)15)11(14)13-10-5-3-4-6-10/h9-10,12H,3-8H2,1-2H3,(H,13,14). The summed E-state index contributed by atoms with van der Waals surface area (Å²) in [5.74, 6) is 0.662. The highest BCUT2D eigenvalue weighted by atomic mass is 32.2. The van der Waals surface area contributed by atoms with E-state index in [9.17, 15) is 9.00 Å². The molecule has 1 amide bonds. The maximum atomic E-state index is 11.7. The molecule has 0 radical (unpaired) electrons. The number of carbonyl (C=O) groups excluding carboxylic acids is 1. The van der Waals surface area contributed by atoms with E-state index < -0.39 is 10.8 Å². The van der Waals surface area contributed by atoms with Crippen LogP contribution in [0.2, 0.25) is 0 Å². The van der Waals surface area contributed by atoms with Crippen molar-refractivity contribution in [2.24, 2.45) is 0 Å². The molecule has 1 saturated carbocycles. The molecule has 1 aliphatic carbocycles. The first kappa shape index (κ1) is 13.6. The van der Waals surface area contributed by atoms with E-state index in [0.717, 1.165) is 12.8 Å². The molecule has 2 atom stereocenters. The molecular formula is C11H22N2O2S. The highest BCUT2D eigenvalue weighted by Gasteiger charge is 2.19. The third-order valence-electron chi connectivity index (χ3n) is 2.93. The Hall–Kier alpha value is -0.420. The minimum Gasteiger partial charge on any atom is -0.352 e. The molecule has 2 unspecified atom stereocenters. The van der Waals surface area contributed by atoms with Gasteiger partial charge in [0.25, 0.3) is 0 Å². The third-order valence-corrected chi connectivity index (χ3v) is 3.71. The fourth-order valence-electron chi connectivity index (χ4n) is 1.91. The van der Waals surface area contributed by atoms with Crippen molar-refractivity contribution in [2.45, 2.75) is 44.7 Å². The Balaban J connectivity index is 2.16. The van der Waals surface area contributed by atoms with E-state index in [1.165, 1.54) is 12.8 Å². The van der Waals surface area contributed by atoms with Crippen molar-refractivity contribution in [2.75, 3.05) is 18.6 Å². The van der Waals surface area contributed by atoms with Gasteiger partial charge in [-0.1, -0.05) is 12.8 Å². The first-order valence-corrected chi connectivity index (χ1v) is 7.66. The van der Waals surface area contributed by atoms with Gasteiger partial charge < -0.3 is 10.6 Å². The zero-order valence-electron chi connectivity index (χ0n) is 10.1. The van der Waals surface area contributed by atoms with Crippen molar-refractivity contribution >= 4 is 16.7 Å². The fraction of sp³-hybridized carbons (Fsp3) is 0.909. The van der Waals surface area contributed by atoms with Gasteiger partial charge in [0.05, 0.1) is 6.04 Å². The summed E-state index contributed by atoms with van der Waals surface area (Å²) in [6.45, 7) is 2.48. The molecule has 1 rings (SSSR count). The monoisotopic (exact) mass is 246 g/mol. The maximum Gasteiger partial charge on any atom is 0.237 e. The quantitative estimate of drug-likeness (QED) is 0.713. The molecule has 4 nitrogen and oxygen atoms in total. The van der Waals surface area contributed by atoms with Gasteiger partial charge in [0, 0.05) is 35.4 Å². The predicted octanol–water partition coefficient (Wildman–Crippen LogP) is 0.402. The molecule has 5 heteroatoms. The van der Waals surface area contributed by atoms with Crippen molar-refractivity contribution < 1.29 is 9.00 Å². The zero-order valence-corrected chi connectivity index (χ0v) is 10.9. The van der Waals surface area contributed by atoms with Crippen molar-refractivity contribution in [3.8, 4) is 0 Å². The first-order chi connectivity index (χ1) is 7.59. The molecule has 1 aliphatic rings. The Labute approximate surface area is 100 Å². The number of carbonyl (C=O) groups is 1. The molecule has 0 spiro atoms. The number of hydrogen-bond donors (Lipinski definition) is 2. The van der Waals surface area contributed by atoms with Gasteiger partial charge in [-0.15, -0.1) is 0 Å². The lowest BCUT2D eigenvalue weighted by atomic mass is 10.2. The van der Waals surface area contributed by atoms with Gasteiger partial charge in [-0.25, -0.2) is 0 Å². The molecule has 1 fully saturated rings. The molecular weight excluding hydrogens is 224 g/mol. The lowest BCUT2D eigenvalue weighted by molar-refractivity contribution is -0.123. The Kier molecular flexibility index (Phi) is 5.98. The summed E-state index contributed by atoms with van der Waals surface area (Å²) in [5.41, 5.74) is 0. The number of nitrogens with one attached hydrogen (secondary N) is 2. The van der Waals surface area contributed by atoms with E-state index >= 15 is 0 Å². The maximum absolute atomic E-state index is 11.7. The van der Waals surface area contributed by atoms with Crippen molar-refractivity contribution in [1.29, 1.82) is 0 Å². The molecule has 0 aliphatic heterocycles.